The van der Waals surface area contributed by atoms with E-state index in [1.807, 2.05) is 17.7 Å². The van der Waals surface area contributed by atoms with Gasteiger partial charge in [-0.25, -0.2) is 4.98 Å². The van der Waals surface area contributed by atoms with Gasteiger partial charge in [-0.3, -0.25) is 0 Å². The van der Waals surface area contributed by atoms with Crippen molar-refractivity contribution in [1.29, 1.82) is 0 Å². The van der Waals surface area contributed by atoms with E-state index in [0.717, 1.165) is 5.82 Å². The van der Waals surface area contributed by atoms with Crippen molar-refractivity contribution in [2.75, 3.05) is 0 Å². The summed E-state index contributed by atoms with van der Waals surface area (Å²) in [6.45, 7) is 2.54. The number of hydrogen-bond acceptors (Lipinski definition) is 4. The van der Waals surface area contributed by atoms with Gasteiger partial charge < -0.3 is 9.09 Å². The zero-order chi connectivity index (χ0) is 8.39. The first-order valence-corrected chi connectivity index (χ1v) is 3.59. The molecule has 0 unspecified atom stereocenters. The van der Waals surface area contributed by atoms with Crippen LogP contribution in [0.25, 0.3) is 0 Å². The number of rotatable bonds is 2. The van der Waals surface area contributed by atoms with Gasteiger partial charge in [-0.15, -0.1) is 0 Å². The molecule has 0 aliphatic carbocycles. The maximum absolute atomic E-state index is 4.61. The minimum Gasteiger partial charge on any atom is -0.343 e. The maximum Gasteiger partial charge on any atom is 0.213 e. The SMILES string of the molecule is Cc1nccn1Cc1ncon1. The van der Waals surface area contributed by atoms with Gasteiger partial charge in [0.15, 0.2) is 5.82 Å². The molecule has 0 saturated heterocycles. The van der Waals surface area contributed by atoms with Crippen molar-refractivity contribution in [1.82, 2.24) is 19.7 Å². The van der Waals surface area contributed by atoms with E-state index in [2.05, 4.69) is 19.6 Å². The molecule has 2 aromatic rings. The number of imidazole rings is 1. The summed E-state index contributed by atoms with van der Waals surface area (Å²) in [6.07, 6.45) is 4.95. The van der Waals surface area contributed by atoms with Crippen LogP contribution in [0.3, 0.4) is 0 Å². The zero-order valence-electron chi connectivity index (χ0n) is 6.64. The second kappa shape index (κ2) is 2.77. The molecule has 0 aliphatic heterocycles. The third-order valence-corrected chi connectivity index (χ3v) is 1.64. The van der Waals surface area contributed by atoms with Crippen LogP contribution in [0.15, 0.2) is 23.3 Å². The predicted octanol–water partition coefficient (Wildman–Crippen LogP) is 0.623. The van der Waals surface area contributed by atoms with Gasteiger partial charge in [-0.05, 0) is 6.92 Å². The van der Waals surface area contributed by atoms with E-state index in [0.29, 0.717) is 12.4 Å². The lowest BCUT2D eigenvalue weighted by molar-refractivity contribution is 0.408. The number of hydrogen-bond donors (Lipinski definition) is 0. The van der Waals surface area contributed by atoms with Gasteiger partial charge in [0.05, 0.1) is 6.54 Å². The average molecular weight is 164 g/mol. The van der Waals surface area contributed by atoms with Crippen molar-refractivity contribution in [2.45, 2.75) is 13.5 Å². The van der Waals surface area contributed by atoms with Crippen LogP contribution < -0.4 is 0 Å². The molecule has 0 amide bonds. The highest BCUT2D eigenvalue weighted by Gasteiger charge is 2.01. The van der Waals surface area contributed by atoms with Crippen LogP contribution in [0.1, 0.15) is 11.6 Å². The summed E-state index contributed by atoms with van der Waals surface area (Å²) < 4.78 is 6.56. The first-order chi connectivity index (χ1) is 5.86. The molecule has 0 aromatic carbocycles. The molecular formula is C7H8N4O. The fourth-order valence-electron chi connectivity index (χ4n) is 0.985. The molecule has 0 atom stereocenters. The lowest BCUT2D eigenvalue weighted by atomic mass is 10.5. The van der Waals surface area contributed by atoms with Crippen LogP contribution in [0.2, 0.25) is 0 Å². The monoisotopic (exact) mass is 164 g/mol. The van der Waals surface area contributed by atoms with E-state index < -0.39 is 0 Å². The van der Waals surface area contributed by atoms with Crippen molar-refractivity contribution < 1.29 is 4.52 Å². The Bertz CT molecular complexity index is 351. The van der Waals surface area contributed by atoms with Crippen LogP contribution in [-0.4, -0.2) is 19.7 Å². The predicted molar refractivity (Wildman–Crippen MR) is 40.4 cm³/mol. The maximum atomic E-state index is 4.61. The molecule has 0 spiro atoms. The lowest BCUT2D eigenvalue weighted by Crippen LogP contribution is -2.01. The van der Waals surface area contributed by atoms with E-state index in [1.165, 1.54) is 6.39 Å². The van der Waals surface area contributed by atoms with Gasteiger partial charge in [-0.1, -0.05) is 5.16 Å². The summed E-state index contributed by atoms with van der Waals surface area (Å²) >= 11 is 0. The van der Waals surface area contributed by atoms with Crippen LogP contribution in [0.5, 0.6) is 0 Å². The lowest BCUT2D eigenvalue weighted by Gasteiger charge is -1.98. The van der Waals surface area contributed by atoms with Gasteiger partial charge in [0, 0.05) is 12.4 Å². The molecular weight excluding hydrogens is 156 g/mol. The standard InChI is InChI=1S/C7H8N4O/c1-6-8-2-3-11(6)4-7-9-5-12-10-7/h2-3,5H,4H2,1H3. The number of aryl methyl sites for hydroxylation is 1. The van der Waals surface area contributed by atoms with Gasteiger partial charge in [-0.2, -0.15) is 4.98 Å². The van der Waals surface area contributed by atoms with Crippen molar-refractivity contribution in [2.24, 2.45) is 0 Å². The number of nitrogens with zero attached hydrogens (tertiary/aromatic N) is 4. The Labute approximate surface area is 69.0 Å². The Balaban J connectivity index is 2.20. The Hall–Kier alpha value is -1.65. The van der Waals surface area contributed by atoms with Crippen LogP contribution in [0, 0.1) is 6.92 Å². The van der Waals surface area contributed by atoms with Gasteiger partial charge in [0.2, 0.25) is 6.39 Å². The topological polar surface area (TPSA) is 56.7 Å². The van der Waals surface area contributed by atoms with Gasteiger partial charge in [0.1, 0.15) is 5.82 Å². The minimum absolute atomic E-state index is 0.613. The summed E-state index contributed by atoms with van der Waals surface area (Å²) in [4.78, 5) is 7.98. The molecule has 0 saturated carbocycles. The number of aromatic nitrogens is 4. The summed E-state index contributed by atoms with van der Waals surface area (Å²) in [5.74, 6) is 1.61. The van der Waals surface area contributed by atoms with E-state index >= 15 is 0 Å². The van der Waals surface area contributed by atoms with E-state index in [9.17, 15) is 0 Å². The molecule has 0 fully saturated rings. The third kappa shape index (κ3) is 1.20. The molecule has 12 heavy (non-hydrogen) atoms. The smallest absolute Gasteiger partial charge is 0.213 e. The highest BCUT2D eigenvalue weighted by molar-refractivity contribution is 4.92. The molecule has 5 nitrogen and oxygen atoms in total. The highest BCUT2D eigenvalue weighted by atomic mass is 16.5. The Kier molecular flexibility index (Phi) is 1.62. The Morgan fingerprint density at radius 3 is 3.00 bits per heavy atom. The third-order valence-electron chi connectivity index (χ3n) is 1.64. The molecule has 0 bridgehead atoms. The summed E-state index contributed by atoms with van der Waals surface area (Å²) in [7, 11) is 0. The fraction of sp³-hybridized carbons (Fsp3) is 0.286. The molecule has 0 radical (unpaired) electrons. The van der Waals surface area contributed by atoms with E-state index in [1.54, 1.807) is 6.20 Å². The van der Waals surface area contributed by atoms with Gasteiger partial charge in [0.25, 0.3) is 0 Å². The van der Waals surface area contributed by atoms with Crippen LogP contribution in [-0.2, 0) is 6.54 Å². The van der Waals surface area contributed by atoms with Crippen molar-refractivity contribution in [3.05, 3.63) is 30.4 Å². The largest absolute Gasteiger partial charge is 0.343 e. The van der Waals surface area contributed by atoms with Crippen LogP contribution in [0.4, 0.5) is 0 Å². The molecule has 0 aliphatic rings. The zero-order valence-corrected chi connectivity index (χ0v) is 6.64. The Morgan fingerprint density at radius 2 is 2.42 bits per heavy atom. The average Bonchev–Trinajstić information content (AvgIpc) is 2.65. The normalized spacial score (nSPS) is 10.4. The molecule has 62 valence electrons. The minimum atomic E-state index is 0.613. The quantitative estimate of drug-likeness (QED) is 0.653. The van der Waals surface area contributed by atoms with Gasteiger partial charge >= 0.3 is 0 Å². The second-order valence-corrected chi connectivity index (χ2v) is 2.45. The highest BCUT2D eigenvalue weighted by Crippen LogP contribution is 1.98. The summed E-state index contributed by atoms with van der Waals surface area (Å²) in [6, 6.07) is 0. The van der Waals surface area contributed by atoms with Crippen molar-refractivity contribution >= 4 is 0 Å². The molecule has 0 N–H and O–H groups in total. The van der Waals surface area contributed by atoms with Crippen LogP contribution >= 0.6 is 0 Å². The van der Waals surface area contributed by atoms with E-state index in [-0.39, 0.29) is 0 Å². The fourth-order valence-corrected chi connectivity index (χ4v) is 0.985. The molecule has 2 aromatic heterocycles. The molecule has 5 heteroatoms. The molecule has 2 heterocycles. The first kappa shape index (κ1) is 7.02. The van der Waals surface area contributed by atoms with E-state index in [4.69, 9.17) is 0 Å². The molecule has 2 rings (SSSR count). The summed E-state index contributed by atoms with van der Waals surface area (Å²) in [5.41, 5.74) is 0. The Morgan fingerprint density at radius 1 is 1.50 bits per heavy atom. The van der Waals surface area contributed by atoms with Crippen molar-refractivity contribution in [3.63, 3.8) is 0 Å². The first-order valence-electron chi connectivity index (χ1n) is 3.59. The second-order valence-electron chi connectivity index (χ2n) is 2.45. The van der Waals surface area contributed by atoms with Crippen molar-refractivity contribution in [3.8, 4) is 0 Å². The summed E-state index contributed by atoms with van der Waals surface area (Å²) in [5, 5.41) is 3.70.